The monoisotopic (exact) mass is 195 g/mol. The van der Waals surface area contributed by atoms with Gasteiger partial charge in [0.25, 0.3) is 0 Å². The molecule has 1 unspecified atom stereocenters. The fourth-order valence-electron chi connectivity index (χ4n) is 2.23. The Morgan fingerprint density at radius 2 is 2.36 bits per heavy atom. The molecule has 5 nitrogen and oxygen atoms in total. The fraction of sp³-hybridized carbons (Fsp3) is 0.556. The number of hydrogen-bond donors (Lipinski definition) is 2. The van der Waals surface area contributed by atoms with E-state index in [4.69, 9.17) is 10.8 Å². The molecule has 1 atom stereocenters. The third-order valence-electron chi connectivity index (χ3n) is 2.92. The number of carboxylic acids is 1. The molecule has 0 radical (unpaired) electrons. The maximum absolute atomic E-state index is 11.1. The second-order valence-electron chi connectivity index (χ2n) is 3.81. The van der Waals surface area contributed by atoms with Gasteiger partial charge in [0.15, 0.2) is 0 Å². The lowest BCUT2D eigenvalue weighted by Crippen LogP contribution is -2.43. The van der Waals surface area contributed by atoms with E-state index in [0.717, 1.165) is 11.4 Å². The molecule has 0 saturated carbocycles. The van der Waals surface area contributed by atoms with Gasteiger partial charge < -0.3 is 10.8 Å². The van der Waals surface area contributed by atoms with Crippen LogP contribution in [0.3, 0.4) is 0 Å². The van der Waals surface area contributed by atoms with E-state index in [1.807, 2.05) is 7.05 Å². The number of rotatable bonds is 1. The minimum Gasteiger partial charge on any atom is -0.480 e. The van der Waals surface area contributed by atoms with Gasteiger partial charge in [-0.25, -0.2) is 4.79 Å². The van der Waals surface area contributed by atoms with Crippen LogP contribution in [0.1, 0.15) is 23.4 Å². The molecule has 0 aromatic carbocycles. The molecule has 14 heavy (non-hydrogen) atoms. The second kappa shape index (κ2) is 2.57. The first-order valence-electron chi connectivity index (χ1n) is 4.52. The zero-order chi connectivity index (χ0) is 10.5. The largest absolute Gasteiger partial charge is 0.480 e. The minimum atomic E-state index is -1.23. The first kappa shape index (κ1) is 9.21. The van der Waals surface area contributed by atoms with Crippen LogP contribution in [0.2, 0.25) is 0 Å². The van der Waals surface area contributed by atoms with E-state index in [2.05, 4.69) is 5.10 Å². The summed E-state index contributed by atoms with van der Waals surface area (Å²) >= 11 is 0. The molecule has 0 saturated heterocycles. The highest BCUT2D eigenvalue weighted by molar-refractivity contribution is 5.82. The van der Waals surface area contributed by atoms with Gasteiger partial charge in [-0.1, -0.05) is 0 Å². The highest BCUT2D eigenvalue weighted by Crippen LogP contribution is 2.36. The number of hydrogen-bond acceptors (Lipinski definition) is 3. The maximum atomic E-state index is 11.1. The number of aliphatic carboxylic acids is 1. The Hall–Kier alpha value is -1.36. The van der Waals surface area contributed by atoms with Crippen LogP contribution in [0.4, 0.5) is 0 Å². The SMILES string of the molecule is Cc1nn(C)c2c1C(N)(C(=O)O)CC2. The van der Waals surface area contributed by atoms with Crippen LogP contribution in [0.25, 0.3) is 0 Å². The quantitative estimate of drug-likeness (QED) is 0.656. The van der Waals surface area contributed by atoms with Crippen LogP contribution in [0.15, 0.2) is 0 Å². The van der Waals surface area contributed by atoms with Gasteiger partial charge in [-0.05, 0) is 19.8 Å². The van der Waals surface area contributed by atoms with Crippen molar-refractivity contribution in [2.75, 3.05) is 0 Å². The standard InChI is InChI=1S/C9H13N3O2/c1-5-7-6(12(2)11-5)3-4-9(7,10)8(13)14/h3-4,10H2,1-2H3,(H,13,14). The Bertz CT molecular complexity index is 410. The van der Waals surface area contributed by atoms with Crippen molar-refractivity contribution in [2.24, 2.45) is 12.8 Å². The summed E-state index contributed by atoms with van der Waals surface area (Å²) in [5.41, 5.74) is 7.03. The zero-order valence-corrected chi connectivity index (χ0v) is 8.24. The Balaban J connectivity index is 2.64. The number of fused-ring (bicyclic) bond motifs is 1. The van der Waals surface area contributed by atoms with Gasteiger partial charge in [0.2, 0.25) is 0 Å². The van der Waals surface area contributed by atoms with Crippen LogP contribution >= 0.6 is 0 Å². The predicted octanol–water partition coefficient (Wildman–Crippen LogP) is -0.0867. The van der Waals surface area contributed by atoms with Crippen LogP contribution in [0.5, 0.6) is 0 Å². The number of nitrogens with two attached hydrogens (primary N) is 1. The van der Waals surface area contributed by atoms with Gasteiger partial charge in [-0.2, -0.15) is 5.10 Å². The molecule has 1 aromatic heterocycles. The molecule has 1 heterocycles. The van der Waals surface area contributed by atoms with Gasteiger partial charge in [-0.3, -0.25) is 4.68 Å². The number of carbonyl (C=O) groups is 1. The third kappa shape index (κ3) is 0.928. The number of aryl methyl sites for hydroxylation is 2. The lowest BCUT2D eigenvalue weighted by atomic mass is 9.93. The molecule has 0 bridgehead atoms. The summed E-state index contributed by atoms with van der Waals surface area (Å²) in [5, 5.41) is 13.3. The zero-order valence-electron chi connectivity index (χ0n) is 8.24. The first-order valence-corrected chi connectivity index (χ1v) is 4.52. The molecular weight excluding hydrogens is 182 g/mol. The van der Waals surface area contributed by atoms with Crippen LogP contribution in [0, 0.1) is 6.92 Å². The maximum Gasteiger partial charge on any atom is 0.328 e. The summed E-state index contributed by atoms with van der Waals surface area (Å²) in [5.74, 6) is -0.965. The van der Waals surface area contributed by atoms with Crippen LogP contribution in [-0.4, -0.2) is 20.9 Å². The summed E-state index contributed by atoms with van der Waals surface area (Å²) in [7, 11) is 1.82. The summed E-state index contributed by atoms with van der Waals surface area (Å²) in [6.07, 6.45) is 1.15. The fourth-order valence-corrected chi connectivity index (χ4v) is 2.23. The van der Waals surface area contributed by atoms with E-state index in [0.29, 0.717) is 18.4 Å². The van der Waals surface area contributed by atoms with Gasteiger partial charge in [0.05, 0.1) is 5.69 Å². The molecule has 1 aliphatic carbocycles. The molecule has 0 fully saturated rings. The summed E-state index contributed by atoms with van der Waals surface area (Å²) in [6.45, 7) is 1.80. The van der Waals surface area contributed by atoms with Gasteiger partial charge in [0, 0.05) is 18.3 Å². The number of carboxylic acid groups (broad SMARTS) is 1. The van der Waals surface area contributed by atoms with Gasteiger partial charge in [-0.15, -0.1) is 0 Å². The van der Waals surface area contributed by atoms with Crippen molar-refractivity contribution in [1.82, 2.24) is 9.78 Å². The van der Waals surface area contributed by atoms with Crippen molar-refractivity contribution >= 4 is 5.97 Å². The summed E-state index contributed by atoms with van der Waals surface area (Å²) < 4.78 is 1.72. The normalized spacial score (nSPS) is 25.1. The predicted molar refractivity (Wildman–Crippen MR) is 49.8 cm³/mol. The topological polar surface area (TPSA) is 81.1 Å². The lowest BCUT2D eigenvalue weighted by molar-refractivity contribution is -0.143. The Morgan fingerprint density at radius 1 is 1.71 bits per heavy atom. The van der Waals surface area contributed by atoms with E-state index in [-0.39, 0.29) is 0 Å². The van der Waals surface area contributed by atoms with Crippen molar-refractivity contribution in [3.05, 3.63) is 17.0 Å². The Labute approximate surface area is 81.5 Å². The number of nitrogens with zero attached hydrogens (tertiary/aromatic N) is 2. The molecule has 5 heteroatoms. The molecule has 76 valence electrons. The van der Waals surface area contributed by atoms with Crippen molar-refractivity contribution in [1.29, 1.82) is 0 Å². The summed E-state index contributed by atoms with van der Waals surface area (Å²) in [4.78, 5) is 11.1. The number of aromatic nitrogens is 2. The van der Waals surface area contributed by atoms with Crippen LogP contribution in [-0.2, 0) is 23.8 Å². The lowest BCUT2D eigenvalue weighted by Gasteiger charge is -2.18. The van der Waals surface area contributed by atoms with E-state index >= 15 is 0 Å². The molecule has 3 N–H and O–H groups in total. The van der Waals surface area contributed by atoms with Crippen molar-refractivity contribution < 1.29 is 9.90 Å². The van der Waals surface area contributed by atoms with E-state index in [9.17, 15) is 4.79 Å². The molecule has 0 aliphatic heterocycles. The summed E-state index contributed by atoms with van der Waals surface area (Å²) in [6, 6.07) is 0. The Morgan fingerprint density at radius 3 is 2.93 bits per heavy atom. The Kier molecular flexibility index (Phi) is 1.69. The molecule has 2 rings (SSSR count). The second-order valence-corrected chi connectivity index (χ2v) is 3.81. The van der Waals surface area contributed by atoms with E-state index < -0.39 is 11.5 Å². The highest BCUT2D eigenvalue weighted by atomic mass is 16.4. The van der Waals surface area contributed by atoms with Gasteiger partial charge in [0.1, 0.15) is 5.54 Å². The van der Waals surface area contributed by atoms with Crippen molar-refractivity contribution in [3.8, 4) is 0 Å². The van der Waals surface area contributed by atoms with E-state index in [1.165, 1.54) is 0 Å². The van der Waals surface area contributed by atoms with Crippen LogP contribution < -0.4 is 5.73 Å². The smallest absolute Gasteiger partial charge is 0.328 e. The molecule has 0 amide bonds. The highest BCUT2D eigenvalue weighted by Gasteiger charge is 2.45. The average Bonchev–Trinajstić information content (AvgIpc) is 2.56. The molecule has 0 spiro atoms. The molecule has 1 aromatic rings. The first-order chi connectivity index (χ1) is 6.47. The van der Waals surface area contributed by atoms with Crippen molar-refractivity contribution in [3.63, 3.8) is 0 Å². The van der Waals surface area contributed by atoms with Gasteiger partial charge >= 0.3 is 5.97 Å². The third-order valence-corrected chi connectivity index (χ3v) is 2.92. The molecule has 1 aliphatic rings. The van der Waals surface area contributed by atoms with Crippen molar-refractivity contribution in [2.45, 2.75) is 25.3 Å². The molecular formula is C9H13N3O2. The van der Waals surface area contributed by atoms with E-state index in [1.54, 1.807) is 11.6 Å². The minimum absolute atomic E-state index is 0.462. The average molecular weight is 195 g/mol.